The first-order valence-electron chi connectivity index (χ1n) is 7.58. The molecule has 1 unspecified atom stereocenters. The minimum atomic E-state index is -0.469. The Morgan fingerprint density at radius 3 is 2.52 bits per heavy atom. The van der Waals surface area contributed by atoms with E-state index in [4.69, 9.17) is 21.1 Å². The highest BCUT2D eigenvalue weighted by Crippen LogP contribution is 2.22. The molecule has 3 rings (SSSR count). The number of morpholine rings is 1. The number of anilines is 1. The van der Waals surface area contributed by atoms with Crippen molar-refractivity contribution < 1.29 is 19.2 Å². The van der Waals surface area contributed by atoms with E-state index < -0.39 is 4.92 Å². The summed E-state index contributed by atoms with van der Waals surface area (Å²) in [5, 5.41) is 11.2. The maximum atomic E-state index is 12.1. The summed E-state index contributed by atoms with van der Waals surface area (Å²) in [7, 11) is 0. The molecular formula is C17H15ClN2O5. The molecular weight excluding hydrogens is 348 g/mol. The van der Waals surface area contributed by atoms with Gasteiger partial charge >= 0.3 is 0 Å². The van der Waals surface area contributed by atoms with Crippen LogP contribution in [-0.4, -0.2) is 36.7 Å². The van der Waals surface area contributed by atoms with Crippen LogP contribution in [0.3, 0.4) is 0 Å². The number of hydrogen-bond donors (Lipinski definition) is 0. The minimum Gasteiger partial charge on any atom is -0.491 e. The summed E-state index contributed by atoms with van der Waals surface area (Å²) in [5.41, 5.74) is 0.749. The first-order chi connectivity index (χ1) is 12.0. The largest absolute Gasteiger partial charge is 0.491 e. The molecule has 0 saturated carbocycles. The van der Waals surface area contributed by atoms with Gasteiger partial charge in [0.05, 0.1) is 11.5 Å². The Kier molecular flexibility index (Phi) is 5.16. The predicted molar refractivity (Wildman–Crippen MR) is 92.1 cm³/mol. The zero-order valence-electron chi connectivity index (χ0n) is 13.1. The number of rotatable bonds is 5. The van der Waals surface area contributed by atoms with E-state index in [-0.39, 0.29) is 30.9 Å². The predicted octanol–water partition coefficient (Wildman–Crippen LogP) is 3.06. The maximum absolute atomic E-state index is 12.1. The van der Waals surface area contributed by atoms with E-state index in [0.29, 0.717) is 17.3 Å². The Morgan fingerprint density at radius 1 is 1.20 bits per heavy atom. The molecule has 0 spiro atoms. The van der Waals surface area contributed by atoms with Crippen molar-refractivity contribution in [1.82, 2.24) is 0 Å². The van der Waals surface area contributed by atoms with Gasteiger partial charge in [-0.15, -0.1) is 0 Å². The molecule has 1 amide bonds. The van der Waals surface area contributed by atoms with E-state index >= 15 is 0 Å². The van der Waals surface area contributed by atoms with Gasteiger partial charge in [-0.25, -0.2) is 0 Å². The van der Waals surface area contributed by atoms with Crippen LogP contribution in [0.15, 0.2) is 48.5 Å². The molecule has 0 aromatic heterocycles. The number of carbonyl (C=O) groups is 1. The van der Waals surface area contributed by atoms with Gasteiger partial charge in [0, 0.05) is 22.8 Å². The second kappa shape index (κ2) is 7.50. The van der Waals surface area contributed by atoms with Crippen LogP contribution < -0.4 is 9.64 Å². The zero-order chi connectivity index (χ0) is 17.8. The molecule has 2 aromatic rings. The molecule has 0 aliphatic carbocycles. The first-order valence-corrected chi connectivity index (χ1v) is 7.95. The van der Waals surface area contributed by atoms with Gasteiger partial charge in [0.15, 0.2) is 0 Å². The Morgan fingerprint density at radius 2 is 1.88 bits per heavy atom. The second-order valence-corrected chi connectivity index (χ2v) is 5.91. The Bertz CT molecular complexity index is 764. The van der Waals surface area contributed by atoms with Crippen molar-refractivity contribution in [3.63, 3.8) is 0 Å². The highest BCUT2D eigenvalue weighted by atomic mass is 35.5. The molecule has 25 heavy (non-hydrogen) atoms. The molecule has 1 heterocycles. The molecule has 1 atom stereocenters. The summed E-state index contributed by atoms with van der Waals surface area (Å²) >= 11 is 5.87. The molecule has 1 fully saturated rings. The fourth-order valence-corrected chi connectivity index (χ4v) is 2.58. The average Bonchev–Trinajstić information content (AvgIpc) is 2.62. The number of ether oxygens (including phenoxy) is 2. The quantitative estimate of drug-likeness (QED) is 0.603. The summed E-state index contributed by atoms with van der Waals surface area (Å²) in [6, 6.07) is 12.8. The Balaban J connectivity index is 1.60. The normalized spacial score (nSPS) is 17.4. The summed E-state index contributed by atoms with van der Waals surface area (Å²) in [4.78, 5) is 23.9. The Labute approximate surface area is 148 Å². The number of non-ortho nitro benzene ring substituents is 1. The average molecular weight is 363 g/mol. The third kappa shape index (κ3) is 4.26. The van der Waals surface area contributed by atoms with Crippen LogP contribution in [0.4, 0.5) is 11.4 Å². The second-order valence-electron chi connectivity index (χ2n) is 5.48. The monoisotopic (exact) mass is 362 g/mol. The van der Waals surface area contributed by atoms with Crippen LogP contribution in [0.2, 0.25) is 5.02 Å². The molecule has 0 bridgehead atoms. The third-order valence-electron chi connectivity index (χ3n) is 3.75. The van der Waals surface area contributed by atoms with Crippen molar-refractivity contribution in [2.75, 3.05) is 24.7 Å². The van der Waals surface area contributed by atoms with E-state index in [0.717, 1.165) is 5.69 Å². The molecule has 1 aliphatic rings. The lowest BCUT2D eigenvalue weighted by Crippen LogP contribution is -2.48. The van der Waals surface area contributed by atoms with Crippen molar-refractivity contribution in [3.8, 4) is 5.75 Å². The number of halogens is 1. The minimum absolute atomic E-state index is 0.000719. The molecule has 0 N–H and O–H groups in total. The number of nitrogens with zero attached hydrogens (tertiary/aromatic N) is 2. The van der Waals surface area contributed by atoms with Crippen molar-refractivity contribution in [1.29, 1.82) is 0 Å². The van der Waals surface area contributed by atoms with Crippen molar-refractivity contribution in [2.45, 2.75) is 6.10 Å². The van der Waals surface area contributed by atoms with Crippen molar-refractivity contribution >= 4 is 28.9 Å². The fourth-order valence-electron chi connectivity index (χ4n) is 2.45. The van der Waals surface area contributed by atoms with Gasteiger partial charge in [-0.3, -0.25) is 14.9 Å². The summed E-state index contributed by atoms with van der Waals surface area (Å²) < 4.78 is 11.1. The summed E-state index contributed by atoms with van der Waals surface area (Å²) in [6.45, 7) is 0.555. The van der Waals surface area contributed by atoms with Gasteiger partial charge in [0.25, 0.3) is 11.6 Å². The smallest absolute Gasteiger partial charge is 0.269 e. The number of benzene rings is 2. The standard InChI is InChI=1S/C17H15ClN2O5/c18-12-1-3-13(4-2-12)19-9-16(25-11-17(19)21)10-24-15-7-5-14(6-8-15)20(22)23/h1-8,16H,9-11H2. The summed E-state index contributed by atoms with van der Waals surface area (Å²) in [5.74, 6) is 0.373. The van der Waals surface area contributed by atoms with E-state index in [9.17, 15) is 14.9 Å². The topological polar surface area (TPSA) is 81.9 Å². The fraction of sp³-hybridized carbons (Fsp3) is 0.235. The lowest BCUT2D eigenvalue weighted by Gasteiger charge is -2.32. The molecule has 0 radical (unpaired) electrons. The zero-order valence-corrected chi connectivity index (χ0v) is 13.9. The van der Waals surface area contributed by atoms with Crippen LogP contribution in [0.5, 0.6) is 5.75 Å². The van der Waals surface area contributed by atoms with Crippen LogP contribution in [-0.2, 0) is 9.53 Å². The SMILES string of the molecule is O=C1COC(COc2ccc([N+](=O)[O-])cc2)CN1c1ccc(Cl)cc1. The van der Waals surface area contributed by atoms with E-state index in [1.807, 2.05) is 0 Å². The van der Waals surface area contributed by atoms with Crippen LogP contribution >= 0.6 is 11.6 Å². The number of amides is 1. The van der Waals surface area contributed by atoms with Crippen LogP contribution in [0.1, 0.15) is 0 Å². The molecule has 8 heteroatoms. The lowest BCUT2D eigenvalue weighted by molar-refractivity contribution is -0.384. The molecule has 2 aromatic carbocycles. The third-order valence-corrected chi connectivity index (χ3v) is 4.00. The molecule has 1 aliphatic heterocycles. The van der Waals surface area contributed by atoms with Crippen molar-refractivity contribution in [3.05, 3.63) is 63.7 Å². The van der Waals surface area contributed by atoms with Gasteiger partial charge in [-0.05, 0) is 36.4 Å². The highest BCUT2D eigenvalue weighted by molar-refractivity contribution is 6.30. The number of hydrogen-bond acceptors (Lipinski definition) is 5. The van der Waals surface area contributed by atoms with Crippen LogP contribution in [0.25, 0.3) is 0 Å². The van der Waals surface area contributed by atoms with E-state index in [1.165, 1.54) is 24.3 Å². The van der Waals surface area contributed by atoms with Crippen LogP contribution in [0, 0.1) is 10.1 Å². The molecule has 7 nitrogen and oxygen atoms in total. The first kappa shape index (κ1) is 17.2. The highest BCUT2D eigenvalue weighted by Gasteiger charge is 2.28. The van der Waals surface area contributed by atoms with Gasteiger partial charge in [-0.1, -0.05) is 11.6 Å². The molecule has 130 valence electrons. The maximum Gasteiger partial charge on any atom is 0.269 e. The lowest BCUT2D eigenvalue weighted by atomic mass is 10.2. The summed E-state index contributed by atoms with van der Waals surface area (Å²) in [6.07, 6.45) is -0.302. The van der Waals surface area contributed by atoms with Gasteiger partial charge in [0.2, 0.25) is 0 Å². The Hall–Kier alpha value is -2.64. The van der Waals surface area contributed by atoms with Gasteiger partial charge in [0.1, 0.15) is 25.1 Å². The van der Waals surface area contributed by atoms with Gasteiger partial charge in [-0.2, -0.15) is 0 Å². The van der Waals surface area contributed by atoms with E-state index in [2.05, 4.69) is 0 Å². The number of nitro groups is 1. The van der Waals surface area contributed by atoms with Crippen molar-refractivity contribution in [2.24, 2.45) is 0 Å². The van der Waals surface area contributed by atoms with E-state index in [1.54, 1.807) is 29.2 Å². The van der Waals surface area contributed by atoms with Gasteiger partial charge < -0.3 is 14.4 Å². The number of nitro benzene ring substituents is 1. The number of carbonyl (C=O) groups excluding carboxylic acids is 1. The molecule has 1 saturated heterocycles.